The number of carbonyl (C=O) groups is 1. The summed E-state index contributed by atoms with van der Waals surface area (Å²) in [6.07, 6.45) is -4.26. The van der Waals surface area contributed by atoms with Crippen LogP contribution in [0.5, 0.6) is 5.75 Å². The molecule has 0 aliphatic heterocycles. The zero-order valence-corrected chi connectivity index (χ0v) is 15.7. The molecule has 0 saturated carbocycles. The van der Waals surface area contributed by atoms with Crippen LogP contribution in [0.2, 0.25) is 0 Å². The summed E-state index contributed by atoms with van der Waals surface area (Å²) in [6.45, 7) is 1.93. The zero-order valence-electron chi connectivity index (χ0n) is 15.7. The summed E-state index contributed by atoms with van der Waals surface area (Å²) in [5.41, 5.74) is 1.12. The van der Waals surface area contributed by atoms with E-state index in [4.69, 9.17) is 0 Å². The van der Waals surface area contributed by atoms with Crippen molar-refractivity contribution in [1.82, 2.24) is 0 Å². The molecule has 150 valence electrons. The van der Waals surface area contributed by atoms with Crippen LogP contribution in [0.15, 0.2) is 84.9 Å². The van der Waals surface area contributed by atoms with E-state index in [2.05, 4.69) is 10.1 Å². The van der Waals surface area contributed by atoms with Crippen molar-refractivity contribution >= 4 is 11.6 Å². The number of anilines is 1. The van der Waals surface area contributed by atoms with Gasteiger partial charge in [-0.15, -0.1) is 13.2 Å². The summed E-state index contributed by atoms with van der Waals surface area (Å²) in [4.78, 5) is 13.5. The predicted molar refractivity (Wildman–Crippen MR) is 106 cm³/mol. The Balaban J connectivity index is 1.94. The van der Waals surface area contributed by atoms with Crippen molar-refractivity contribution in [3.05, 3.63) is 96.1 Å². The lowest BCUT2D eigenvalue weighted by atomic mass is 9.71. The number of hydrogen-bond acceptors (Lipinski definition) is 2. The van der Waals surface area contributed by atoms with E-state index in [0.29, 0.717) is 12.1 Å². The average Bonchev–Trinajstić information content (AvgIpc) is 2.71. The molecule has 6 heteroatoms. The highest BCUT2D eigenvalue weighted by Gasteiger charge is 2.40. The van der Waals surface area contributed by atoms with Gasteiger partial charge in [0.1, 0.15) is 5.75 Å². The molecule has 3 aromatic rings. The second-order valence-corrected chi connectivity index (χ2v) is 6.52. The fraction of sp³-hybridized carbons (Fsp3) is 0.174. The Hall–Kier alpha value is -3.28. The molecule has 0 bridgehead atoms. The van der Waals surface area contributed by atoms with Crippen LogP contribution >= 0.6 is 0 Å². The third-order valence-corrected chi connectivity index (χ3v) is 4.80. The van der Waals surface area contributed by atoms with Crippen LogP contribution in [0.3, 0.4) is 0 Å². The van der Waals surface area contributed by atoms with Crippen molar-refractivity contribution < 1.29 is 22.7 Å². The van der Waals surface area contributed by atoms with Gasteiger partial charge in [-0.25, -0.2) is 0 Å². The van der Waals surface area contributed by atoms with Gasteiger partial charge in [0.05, 0.1) is 5.41 Å². The number of hydrogen-bond donors (Lipinski definition) is 1. The molecule has 0 unspecified atom stereocenters. The molecule has 0 saturated heterocycles. The Morgan fingerprint density at radius 3 is 1.72 bits per heavy atom. The first-order valence-electron chi connectivity index (χ1n) is 9.13. The van der Waals surface area contributed by atoms with Crippen LogP contribution in [-0.2, 0) is 10.2 Å². The Bertz CT molecular complexity index is 900. The molecule has 0 heterocycles. The molecule has 0 aliphatic carbocycles. The average molecular weight is 399 g/mol. The lowest BCUT2D eigenvalue weighted by molar-refractivity contribution is -0.274. The topological polar surface area (TPSA) is 38.3 Å². The number of alkyl halides is 3. The number of amides is 1. The normalized spacial score (nSPS) is 11.7. The maximum atomic E-state index is 13.5. The lowest BCUT2D eigenvalue weighted by Gasteiger charge is -2.32. The molecule has 1 N–H and O–H groups in total. The third-order valence-electron chi connectivity index (χ3n) is 4.80. The molecule has 29 heavy (non-hydrogen) atoms. The lowest BCUT2D eigenvalue weighted by Crippen LogP contribution is -2.41. The van der Waals surface area contributed by atoms with Gasteiger partial charge in [-0.2, -0.15) is 0 Å². The fourth-order valence-electron chi connectivity index (χ4n) is 3.42. The van der Waals surface area contributed by atoms with E-state index in [1.165, 1.54) is 24.3 Å². The van der Waals surface area contributed by atoms with Gasteiger partial charge in [-0.3, -0.25) is 4.79 Å². The minimum absolute atomic E-state index is 0.262. The molecule has 0 spiro atoms. The highest BCUT2D eigenvalue weighted by molar-refractivity contribution is 6.01. The summed E-state index contributed by atoms with van der Waals surface area (Å²) in [5.74, 6) is -0.606. The first-order chi connectivity index (χ1) is 13.8. The van der Waals surface area contributed by atoms with Crippen molar-refractivity contribution in [2.24, 2.45) is 0 Å². The molecule has 3 nitrogen and oxygen atoms in total. The van der Waals surface area contributed by atoms with Gasteiger partial charge in [0.2, 0.25) is 5.91 Å². The molecule has 0 aromatic heterocycles. The van der Waals surface area contributed by atoms with Crippen LogP contribution < -0.4 is 10.1 Å². The maximum absolute atomic E-state index is 13.5. The molecule has 1 amide bonds. The second kappa shape index (κ2) is 8.39. The van der Waals surface area contributed by atoms with Crippen molar-refractivity contribution in [2.75, 3.05) is 5.32 Å². The maximum Gasteiger partial charge on any atom is 0.573 e. The van der Waals surface area contributed by atoms with Gasteiger partial charge >= 0.3 is 6.36 Å². The van der Waals surface area contributed by atoms with Crippen molar-refractivity contribution in [1.29, 1.82) is 0 Å². The molecule has 3 rings (SSSR count). The molecule has 0 radical (unpaired) electrons. The largest absolute Gasteiger partial charge is 0.573 e. The first kappa shape index (κ1) is 20.5. The van der Waals surface area contributed by atoms with Gasteiger partial charge in [0, 0.05) is 5.69 Å². The van der Waals surface area contributed by atoms with Gasteiger partial charge < -0.3 is 10.1 Å². The monoisotopic (exact) mass is 399 g/mol. The van der Waals surface area contributed by atoms with Crippen LogP contribution in [0.1, 0.15) is 24.5 Å². The molecule has 0 atom stereocenters. The highest BCUT2D eigenvalue weighted by atomic mass is 19.4. The van der Waals surface area contributed by atoms with E-state index in [1.807, 2.05) is 67.6 Å². The van der Waals surface area contributed by atoms with Crippen LogP contribution in [0.4, 0.5) is 18.9 Å². The second-order valence-electron chi connectivity index (χ2n) is 6.52. The van der Waals surface area contributed by atoms with E-state index in [1.54, 1.807) is 0 Å². The molecule has 3 aromatic carbocycles. The van der Waals surface area contributed by atoms with Crippen molar-refractivity contribution in [3.8, 4) is 5.75 Å². The van der Waals surface area contributed by atoms with E-state index in [0.717, 1.165) is 11.1 Å². The standard InChI is InChI=1S/C23H20F3NO2/c1-2-22(17-9-5-3-6-10-17,18-11-7-4-8-12-18)21(28)27-19-13-15-20(16-14-19)29-23(24,25)26/h3-16H,2H2,1H3,(H,27,28). The molecule has 0 aliphatic rings. The Morgan fingerprint density at radius 1 is 0.828 bits per heavy atom. The SMILES string of the molecule is CCC(C(=O)Nc1ccc(OC(F)(F)F)cc1)(c1ccccc1)c1ccccc1. The Morgan fingerprint density at radius 2 is 1.31 bits per heavy atom. The number of ether oxygens (including phenoxy) is 1. The zero-order chi connectivity index (χ0) is 20.9. The number of benzene rings is 3. The van der Waals surface area contributed by atoms with Gasteiger partial charge in [-0.1, -0.05) is 67.6 Å². The van der Waals surface area contributed by atoms with E-state index >= 15 is 0 Å². The fourth-order valence-corrected chi connectivity index (χ4v) is 3.42. The molecular weight excluding hydrogens is 379 g/mol. The summed E-state index contributed by atoms with van der Waals surface area (Å²) < 4.78 is 40.9. The summed E-state index contributed by atoms with van der Waals surface area (Å²) in [6, 6.07) is 24.0. The Labute approximate surface area is 167 Å². The van der Waals surface area contributed by atoms with Crippen LogP contribution in [0, 0.1) is 0 Å². The summed E-state index contributed by atoms with van der Waals surface area (Å²) in [7, 11) is 0. The minimum atomic E-state index is -4.76. The number of rotatable bonds is 6. The van der Waals surface area contributed by atoms with Crippen molar-refractivity contribution in [2.45, 2.75) is 25.1 Å². The van der Waals surface area contributed by atoms with Crippen molar-refractivity contribution in [3.63, 3.8) is 0 Å². The first-order valence-corrected chi connectivity index (χ1v) is 9.13. The Kier molecular flexibility index (Phi) is 5.92. The number of halogens is 3. The van der Waals surface area contributed by atoms with Gasteiger partial charge in [-0.05, 0) is 41.8 Å². The van der Waals surface area contributed by atoms with E-state index < -0.39 is 11.8 Å². The predicted octanol–water partition coefficient (Wildman–Crippen LogP) is 5.92. The summed E-state index contributed by atoms with van der Waals surface area (Å²) >= 11 is 0. The number of carbonyl (C=O) groups excluding carboxylic acids is 1. The number of nitrogens with one attached hydrogen (secondary N) is 1. The van der Waals surface area contributed by atoms with Crippen LogP contribution in [-0.4, -0.2) is 12.3 Å². The van der Waals surface area contributed by atoms with Gasteiger partial charge in [0.25, 0.3) is 0 Å². The van der Waals surface area contributed by atoms with Crippen LogP contribution in [0.25, 0.3) is 0 Å². The third kappa shape index (κ3) is 4.59. The highest BCUT2D eigenvalue weighted by Crippen LogP contribution is 2.37. The van der Waals surface area contributed by atoms with E-state index in [-0.39, 0.29) is 11.7 Å². The minimum Gasteiger partial charge on any atom is -0.406 e. The molecule has 0 fully saturated rings. The smallest absolute Gasteiger partial charge is 0.406 e. The quantitative estimate of drug-likeness (QED) is 0.559. The summed E-state index contributed by atoms with van der Waals surface area (Å²) in [5, 5.41) is 2.85. The van der Waals surface area contributed by atoms with E-state index in [9.17, 15) is 18.0 Å². The van der Waals surface area contributed by atoms with Gasteiger partial charge in [0.15, 0.2) is 0 Å². The molecular formula is C23H20F3NO2.